The fourth-order valence-electron chi connectivity index (χ4n) is 3.38. The number of halogens is 3. The first-order chi connectivity index (χ1) is 13.3. The number of carbonyl (C=O) groups excluding carboxylic acids is 1. The highest BCUT2D eigenvalue weighted by atomic mass is 19.4. The molecular formula is C20H22F3N3O2. The molecule has 1 saturated carbocycles. The fourth-order valence-corrected chi connectivity index (χ4v) is 3.38. The van der Waals surface area contributed by atoms with Crippen LogP contribution in [0.4, 0.5) is 24.5 Å². The molecule has 1 aromatic carbocycles. The number of nitrogens with zero attached hydrogens (tertiary/aromatic N) is 1. The summed E-state index contributed by atoms with van der Waals surface area (Å²) in [5.74, 6) is 0.123. The van der Waals surface area contributed by atoms with Crippen LogP contribution < -0.4 is 16.2 Å². The Morgan fingerprint density at radius 1 is 1.07 bits per heavy atom. The maximum atomic E-state index is 12.8. The van der Waals surface area contributed by atoms with Crippen molar-refractivity contribution in [1.82, 2.24) is 4.57 Å². The number of amides is 1. The Morgan fingerprint density at radius 2 is 1.71 bits per heavy atom. The summed E-state index contributed by atoms with van der Waals surface area (Å²) in [5.41, 5.74) is -1.08. The lowest BCUT2D eigenvalue weighted by atomic mass is 10.1. The summed E-state index contributed by atoms with van der Waals surface area (Å²) in [7, 11) is 0. The van der Waals surface area contributed by atoms with E-state index in [0.717, 1.165) is 29.1 Å². The highest BCUT2D eigenvalue weighted by Crippen LogP contribution is 2.26. The van der Waals surface area contributed by atoms with Crippen molar-refractivity contribution >= 4 is 17.3 Å². The molecule has 1 aromatic heterocycles. The number of hydrogen-bond donors (Lipinski definition) is 2. The van der Waals surface area contributed by atoms with E-state index in [4.69, 9.17) is 0 Å². The SMILES string of the molecule is O=C(Cn1cccc(C(F)(F)F)c1=O)Nc1ccc(NCC2CCCC2)cc1. The normalized spacial score (nSPS) is 14.8. The van der Waals surface area contributed by atoms with Crippen LogP contribution in [0.2, 0.25) is 0 Å². The summed E-state index contributed by atoms with van der Waals surface area (Å²) in [6, 6.07) is 8.89. The van der Waals surface area contributed by atoms with Crippen LogP contribution in [0.3, 0.4) is 0 Å². The van der Waals surface area contributed by atoms with Crippen LogP contribution in [0, 0.1) is 5.92 Å². The van der Waals surface area contributed by atoms with Crippen molar-refractivity contribution in [2.24, 2.45) is 5.92 Å². The monoisotopic (exact) mass is 393 g/mol. The lowest BCUT2D eigenvalue weighted by molar-refractivity contribution is -0.139. The van der Waals surface area contributed by atoms with Gasteiger partial charge in [0.25, 0.3) is 5.56 Å². The molecule has 0 spiro atoms. The molecule has 28 heavy (non-hydrogen) atoms. The number of alkyl halides is 3. The van der Waals surface area contributed by atoms with Crippen LogP contribution >= 0.6 is 0 Å². The number of carbonyl (C=O) groups is 1. The minimum absolute atomic E-state index is 0.496. The molecule has 0 unspecified atom stereocenters. The smallest absolute Gasteiger partial charge is 0.385 e. The summed E-state index contributed by atoms with van der Waals surface area (Å²) in [6.07, 6.45) is 1.47. The second-order valence-electron chi connectivity index (χ2n) is 7.01. The quantitative estimate of drug-likeness (QED) is 0.777. The maximum absolute atomic E-state index is 12.8. The molecule has 1 fully saturated rings. The number of benzene rings is 1. The van der Waals surface area contributed by atoms with Crippen LogP contribution in [-0.2, 0) is 17.5 Å². The Hall–Kier alpha value is -2.77. The van der Waals surface area contributed by atoms with Gasteiger partial charge in [-0.2, -0.15) is 13.2 Å². The van der Waals surface area contributed by atoms with E-state index < -0.39 is 29.8 Å². The molecular weight excluding hydrogens is 371 g/mol. The zero-order valence-electron chi connectivity index (χ0n) is 15.3. The number of rotatable bonds is 6. The van der Waals surface area contributed by atoms with Gasteiger partial charge in [0.2, 0.25) is 5.91 Å². The van der Waals surface area contributed by atoms with Crippen molar-refractivity contribution < 1.29 is 18.0 Å². The minimum atomic E-state index is -4.75. The maximum Gasteiger partial charge on any atom is 0.421 e. The Balaban J connectivity index is 1.57. The summed E-state index contributed by atoms with van der Waals surface area (Å²) >= 11 is 0. The number of anilines is 2. The van der Waals surface area contributed by atoms with Gasteiger partial charge in [0.05, 0.1) is 0 Å². The molecule has 1 amide bonds. The van der Waals surface area contributed by atoms with Gasteiger partial charge < -0.3 is 15.2 Å². The lowest BCUT2D eigenvalue weighted by Crippen LogP contribution is -2.31. The zero-order chi connectivity index (χ0) is 20.1. The van der Waals surface area contributed by atoms with Crippen molar-refractivity contribution in [3.8, 4) is 0 Å². The average Bonchev–Trinajstić information content (AvgIpc) is 3.15. The molecule has 1 aliphatic carbocycles. The Labute approximate surface area is 160 Å². The van der Waals surface area contributed by atoms with E-state index >= 15 is 0 Å². The largest absolute Gasteiger partial charge is 0.421 e. The minimum Gasteiger partial charge on any atom is -0.385 e. The van der Waals surface area contributed by atoms with E-state index in [9.17, 15) is 22.8 Å². The Kier molecular flexibility index (Phi) is 6.06. The molecule has 8 heteroatoms. The molecule has 0 aliphatic heterocycles. The van der Waals surface area contributed by atoms with Gasteiger partial charge in [0, 0.05) is 24.1 Å². The van der Waals surface area contributed by atoms with Crippen LogP contribution in [-0.4, -0.2) is 17.0 Å². The van der Waals surface area contributed by atoms with E-state index in [2.05, 4.69) is 10.6 Å². The first-order valence-electron chi connectivity index (χ1n) is 9.23. The first-order valence-corrected chi connectivity index (χ1v) is 9.23. The van der Waals surface area contributed by atoms with E-state index in [1.54, 1.807) is 12.1 Å². The third-order valence-electron chi connectivity index (χ3n) is 4.88. The second-order valence-corrected chi connectivity index (χ2v) is 7.01. The van der Waals surface area contributed by atoms with Crippen molar-refractivity contribution in [3.05, 3.63) is 58.5 Å². The number of pyridine rings is 1. The average molecular weight is 393 g/mol. The molecule has 1 aliphatic rings. The van der Waals surface area contributed by atoms with Gasteiger partial charge in [0.1, 0.15) is 12.1 Å². The second kappa shape index (κ2) is 8.50. The van der Waals surface area contributed by atoms with Crippen LogP contribution in [0.15, 0.2) is 47.4 Å². The highest BCUT2D eigenvalue weighted by Gasteiger charge is 2.34. The predicted molar refractivity (Wildman–Crippen MR) is 101 cm³/mol. The van der Waals surface area contributed by atoms with E-state index in [1.165, 1.54) is 25.7 Å². The van der Waals surface area contributed by atoms with Crippen molar-refractivity contribution in [2.75, 3.05) is 17.2 Å². The molecule has 150 valence electrons. The number of aromatic nitrogens is 1. The van der Waals surface area contributed by atoms with E-state index in [-0.39, 0.29) is 0 Å². The highest BCUT2D eigenvalue weighted by molar-refractivity contribution is 5.90. The first kappa shape index (κ1) is 20.0. The molecule has 2 aromatic rings. The van der Waals surface area contributed by atoms with Crippen molar-refractivity contribution in [2.45, 2.75) is 38.4 Å². The molecule has 3 rings (SSSR count). The molecule has 0 atom stereocenters. The zero-order valence-corrected chi connectivity index (χ0v) is 15.3. The van der Waals surface area contributed by atoms with Crippen LogP contribution in [0.25, 0.3) is 0 Å². The molecule has 2 N–H and O–H groups in total. The van der Waals surface area contributed by atoms with Gasteiger partial charge >= 0.3 is 6.18 Å². The number of nitrogens with one attached hydrogen (secondary N) is 2. The standard InChI is InChI=1S/C20H22F3N3O2/c21-20(22,23)17-6-3-11-26(19(17)28)13-18(27)25-16-9-7-15(8-10-16)24-12-14-4-1-2-5-14/h3,6-11,14,24H,1-2,4-5,12-13H2,(H,25,27). The summed E-state index contributed by atoms with van der Waals surface area (Å²) < 4.78 is 39.1. The predicted octanol–water partition coefficient (Wildman–Crippen LogP) is 4.11. The van der Waals surface area contributed by atoms with Gasteiger partial charge in [-0.3, -0.25) is 9.59 Å². The molecule has 0 saturated heterocycles. The van der Waals surface area contributed by atoms with Gasteiger partial charge in [-0.15, -0.1) is 0 Å². The van der Waals surface area contributed by atoms with E-state index in [1.807, 2.05) is 12.1 Å². The molecule has 5 nitrogen and oxygen atoms in total. The third-order valence-corrected chi connectivity index (χ3v) is 4.88. The van der Waals surface area contributed by atoms with Crippen molar-refractivity contribution in [3.63, 3.8) is 0 Å². The van der Waals surface area contributed by atoms with Gasteiger partial charge in [-0.05, 0) is 55.2 Å². The van der Waals surface area contributed by atoms with Crippen LogP contribution in [0.5, 0.6) is 0 Å². The lowest BCUT2D eigenvalue weighted by Gasteiger charge is -2.13. The Bertz CT molecular complexity index is 870. The summed E-state index contributed by atoms with van der Waals surface area (Å²) in [4.78, 5) is 24.0. The summed E-state index contributed by atoms with van der Waals surface area (Å²) in [5, 5.41) is 5.96. The molecule has 1 heterocycles. The fraction of sp³-hybridized carbons (Fsp3) is 0.400. The van der Waals surface area contributed by atoms with Crippen molar-refractivity contribution in [1.29, 1.82) is 0 Å². The van der Waals surface area contributed by atoms with E-state index in [0.29, 0.717) is 17.7 Å². The number of hydrogen-bond acceptors (Lipinski definition) is 3. The van der Waals surface area contributed by atoms with Gasteiger partial charge in [-0.25, -0.2) is 0 Å². The molecule has 0 radical (unpaired) electrons. The van der Waals surface area contributed by atoms with Gasteiger partial charge in [0.15, 0.2) is 0 Å². The summed E-state index contributed by atoms with van der Waals surface area (Å²) in [6.45, 7) is 0.425. The molecule has 0 bridgehead atoms. The third kappa shape index (κ3) is 5.15. The Morgan fingerprint density at radius 3 is 2.36 bits per heavy atom. The topological polar surface area (TPSA) is 63.1 Å². The van der Waals surface area contributed by atoms with Crippen LogP contribution in [0.1, 0.15) is 31.2 Å². The van der Waals surface area contributed by atoms with Gasteiger partial charge in [-0.1, -0.05) is 12.8 Å².